The number of methoxy groups -OCH3 is 1. The first-order valence-electron chi connectivity index (χ1n) is 6.43. The number of aliphatic hydroxyl groups excluding tert-OH is 2. The summed E-state index contributed by atoms with van der Waals surface area (Å²) in [6.07, 6.45) is -2.28. The Morgan fingerprint density at radius 3 is 2.55 bits per heavy atom. The zero-order valence-electron chi connectivity index (χ0n) is 12.3. The molecule has 0 radical (unpaired) electrons. The molecule has 0 saturated carbocycles. The first-order valence-corrected chi connectivity index (χ1v) is 7.42. The Bertz CT molecular complexity index is 536. The lowest BCUT2D eigenvalue weighted by Gasteiger charge is -2.19. The van der Waals surface area contributed by atoms with Crippen LogP contribution in [0.4, 0.5) is 0 Å². The third-order valence-electron chi connectivity index (χ3n) is 2.72. The summed E-state index contributed by atoms with van der Waals surface area (Å²) in [7, 11) is 1.41. The van der Waals surface area contributed by atoms with E-state index >= 15 is 0 Å². The minimum atomic E-state index is -1.18. The van der Waals surface area contributed by atoms with E-state index in [0.29, 0.717) is 17.1 Å². The van der Waals surface area contributed by atoms with Crippen molar-refractivity contribution in [3.8, 4) is 11.5 Å². The monoisotopic (exact) mass is 329 g/mol. The number of aliphatic hydroxyl groups is 2. The lowest BCUT2D eigenvalue weighted by molar-refractivity contribution is -0.120. The van der Waals surface area contributed by atoms with Crippen LogP contribution in [0.1, 0.15) is 18.6 Å². The van der Waals surface area contributed by atoms with Crippen LogP contribution >= 0.6 is 11.8 Å². The van der Waals surface area contributed by atoms with Crippen molar-refractivity contribution in [1.82, 2.24) is 0 Å². The van der Waals surface area contributed by atoms with Gasteiger partial charge in [0.2, 0.25) is 0 Å². The van der Waals surface area contributed by atoms with Crippen molar-refractivity contribution < 1.29 is 29.3 Å². The number of benzene rings is 1. The summed E-state index contributed by atoms with van der Waals surface area (Å²) in [6, 6.07) is 4.53. The van der Waals surface area contributed by atoms with Crippen molar-refractivity contribution in [2.45, 2.75) is 19.1 Å². The third-order valence-corrected chi connectivity index (χ3v) is 3.64. The summed E-state index contributed by atoms with van der Waals surface area (Å²) in [4.78, 5) is 21.6. The van der Waals surface area contributed by atoms with Gasteiger partial charge in [0.25, 0.3) is 5.91 Å². The lowest BCUT2D eigenvalue weighted by atomic mass is 10.0. The Morgan fingerprint density at radius 1 is 1.32 bits per heavy atom. The van der Waals surface area contributed by atoms with Crippen LogP contribution in [0.3, 0.4) is 0 Å². The van der Waals surface area contributed by atoms with Crippen molar-refractivity contribution in [2.24, 2.45) is 5.73 Å². The maximum absolute atomic E-state index is 10.9. The van der Waals surface area contributed by atoms with Gasteiger partial charge in [0, 0.05) is 12.7 Å². The van der Waals surface area contributed by atoms with Crippen LogP contribution in [0.25, 0.3) is 0 Å². The van der Waals surface area contributed by atoms with Crippen molar-refractivity contribution in [1.29, 1.82) is 0 Å². The number of hydrogen-bond donors (Lipinski definition) is 3. The predicted octanol–water partition coefficient (Wildman–Crippen LogP) is 0.233. The molecule has 122 valence electrons. The Hall–Kier alpha value is -1.77. The number of amides is 1. The second-order valence-electron chi connectivity index (χ2n) is 4.48. The van der Waals surface area contributed by atoms with E-state index in [1.165, 1.54) is 32.2 Å². The highest BCUT2D eigenvalue weighted by Gasteiger charge is 2.21. The zero-order valence-corrected chi connectivity index (χ0v) is 13.1. The molecular formula is C14H19NO6S. The van der Waals surface area contributed by atoms with Gasteiger partial charge < -0.3 is 25.4 Å². The number of hydrogen-bond acceptors (Lipinski definition) is 7. The number of ether oxygens (including phenoxy) is 2. The summed E-state index contributed by atoms with van der Waals surface area (Å²) in [6.45, 7) is 1.09. The SMILES string of the molecule is COc1cc(C(O)C(O)CSC(C)=O)ccc1OCC(N)=O. The topological polar surface area (TPSA) is 119 Å². The van der Waals surface area contributed by atoms with Crippen molar-refractivity contribution in [3.05, 3.63) is 23.8 Å². The van der Waals surface area contributed by atoms with Gasteiger partial charge in [-0.1, -0.05) is 17.8 Å². The molecule has 0 heterocycles. The average Bonchev–Trinajstić information content (AvgIpc) is 2.49. The maximum atomic E-state index is 10.9. The summed E-state index contributed by atoms with van der Waals surface area (Å²) in [5, 5.41) is 19.8. The lowest BCUT2D eigenvalue weighted by Crippen LogP contribution is -2.22. The average molecular weight is 329 g/mol. The van der Waals surface area contributed by atoms with E-state index in [4.69, 9.17) is 15.2 Å². The van der Waals surface area contributed by atoms with E-state index in [1.807, 2.05) is 0 Å². The number of carbonyl (C=O) groups is 2. The molecule has 0 saturated heterocycles. The highest BCUT2D eigenvalue weighted by Crippen LogP contribution is 2.31. The zero-order chi connectivity index (χ0) is 16.7. The highest BCUT2D eigenvalue weighted by molar-refractivity contribution is 8.13. The maximum Gasteiger partial charge on any atom is 0.255 e. The molecule has 0 aliphatic heterocycles. The van der Waals surface area contributed by atoms with Gasteiger partial charge in [-0.05, 0) is 17.7 Å². The van der Waals surface area contributed by atoms with Gasteiger partial charge in [-0.3, -0.25) is 9.59 Å². The molecule has 2 unspecified atom stereocenters. The van der Waals surface area contributed by atoms with Crippen LogP contribution in [0.2, 0.25) is 0 Å². The van der Waals surface area contributed by atoms with Gasteiger partial charge in [0.1, 0.15) is 6.10 Å². The number of carbonyl (C=O) groups excluding carboxylic acids is 2. The standard InChI is InChI=1S/C14H19NO6S/c1-8(16)22-7-10(17)14(19)9-3-4-11(12(5-9)20-2)21-6-13(15)18/h3-5,10,14,17,19H,6-7H2,1-2H3,(H2,15,18). The fraction of sp³-hybridized carbons (Fsp3) is 0.429. The summed E-state index contributed by atoms with van der Waals surface area (Å²) < 4.78 is 10.3. The van der Waals surface area contributed by atoms with E-state index in [9.17, 15) is 19.8 Å². The Kier molecular flexibility index (Phi) is 7.16. The molecule has 0 aliphatic rings. The quantitative estimate of drug-likeness (QED) is 0.624. The summed E-state index contributed by atoms with van der Waals surface area (Å²) in [5.74, 6) is 0.0515. The predicted molar refractivity (Wildman–Crippen MR) is 81.8 cm³/mol. The van der Waals surface area contributed by atoms with Crippen LogP contribution in [0, 0.1) is 0 Å². The molecule has 2 atom stereocenters. The van der Waals surface area contributed by atoms with E-state index in [2.05, 4.69) is 0 Å². The second-order valence-corrected chi connectivity index (χ2v) is 5.68. The minimum Gasteiger partial charge on any atom is -0.493 e. The Labute approximate surface area is 132 Å². The Balaban J connectivity index is 2.82. The molecule has 0 spiro atoms. The molecule has 1 aromatic rings. The van der Waals surface area contributed by atoms with E-state index in [1.54, 1.807) is 0 Å². The fourth-order valence-corrected chi connectivity index (χ4v) is 2.24. The van der Waals surface area contributed by atoms with Gasteiger partial charge in [0.05, 0.1) is 13.2 Å². The van der Waals surface area contributed by atoms with Gasteiger partial charge in [-0.2, -0.15) is 0 Å². The van der Waals surface area contributed by atoms with Crippen LogP contribution in [0.15, 0.2) is 18.2 Å². The first-order chi connectivity index (χ1) is 10.3. The molecule has 0 fully saturated rings. The second kappa shape index (κ2) is 8.62. The molecule has 8 heteroatoms. The molecule has 4 N–H and O–H groups in total. The number of thioether (sulfide) groups is 1. The Morgan fingerprint density at radius 2 is 2.00 bits per heavy atom. The van der Waals surface area contributed by atoms with E-state index in [0.717, 1.165) is 11.8 Å². The van der Waals surface area contributed by atoms with E-state index < -0.39 is 18.1 Å². The fourth-order valence-electron chi connectivity index (χ4n) is 1.65. The largest absolute Gasteiger partial charge is 0.493 e. The molecule has 1 rings (SSSR count). The smallest absolute Gasteiger partial charge is 0.255 e. The molecule has 22 heavy (non-hydrogen) atoms. The molecule has 7 nitrogen and oxygen atoms in total. The third kappa shape index (κ3) is 5.55. The van der Waals surface area contributed by atoms with Crippen LogP contribution in [-0.4, -0.2) is 46.8 Å². The minimum absolute atomic E-state index is 0.0821. The summed E-state index contributed by atoms with van der Waals surface area (Å²) in [5.41, 5.74) is 5.40. The number of primary amides is 1. The molecule has 1 amide bonds. The summed E-state index contributed by atoms with van der Waals surface area (Å²) >= 11 is 0.931. The normalized spacial score (nSPS) is 13.3. The van der Waals surface area contributed by atoms with Crippen LogP contribution in [0.5, 0.6) is 11.5 Å². The van der Waals surface area contributed by atoms with Crippen molar-refractivity contribution in [2.75, 3.05) is 19.5 Å². The van der Waals surface area contributed by atoms with Gasteiger partial charge in [-0.15, -0.1) is 0 Å². The number of nitrogens with two attached hydrogens (primary N) is 1. The van der Waals surface area contributed by atoms with Crippen molar-refractivity contribution >= 4 is 22.8 Å². The molecule has 1 aromatic carbocycles. The molecule has 0 aliphatic carbocycles. The molecular weight excluding hydrogens is 310 g/mol. The molecule has 0 bridgehead atoms. The van der Waals surface area contributed by atoms with Gasteiger partial charge in [-0.25, -0.2) is 0 Å². The number of rotatable bonds is 8. The van der Waals surface area contributed by atoms with Gasteiger partial charge in [0.15, 0.2) is 23.2 Å². The van der Waals surface area contributed by atoms with Crippen LogP contribution < -0.4 is 15.2 Å². The molecule has 0 aromatic heterocycles. The van der Waals surface area contributed by atoms with Crippen LogP contribution in [-0.2, 0) is 9.59 Å². The van der Waals surface area contributed by atoms with Crippen molar-refractivity contribution in [3.63, 3.8) is 0 Å². The van der Waals surface area contributed by atoms with Gasteiger partial charge >= 0.3 is 0 Å². The highest BCUT2D eigenvalue weighted by atomic mass is 32.2. The van der Waals surface area contributed by atoms with E-state index in [-0.39, 0.29) is 17.5 Å². The first kappa shape index (κ1) is 18.3.